The Morgan fingerprint density at radius 1 is 1.00 bits per heavy atom. The van der Waals surface area contributed by atoms with Gasteiger partial charge in [0.05, 0.1) is 6.61 Å². The van der Waals surface area contributed by atoms with Crippen molar-refractivity contribution in [3.8, 4) is 11.1 Å². The average molecular weight is 245 g/mol. The number of aliphatic hydroxyl groups is 1. The van der Waals surface area contributed by atoms with E-state index in [1.54, 1.807) is 6.07 Å². The number of hydrogen-bond donors (Lipinski definition) is 2. The molecule has 3 heteroatoms. The maximum absolute atomic E-state index is 13.1. The minimum absolute atomic E-state index is 0.140. The molecular weight excluding hydrogens is 229 g/mol. The van der Waals surface area contributed by atoms with Crippen LogP contribution in [0, 0.1) is 5.82 Å². The fourth-order valence-corrected chi connectivity index (χ4v) is 1.79. The summed E-state index contributed by atoms with van der Waals surface area (Å²) in [7, 11) is 0. The van der Waals surface area contributed by atoms with Crippen LogP contribution in [-0.4, -0.2) is 18.3 Å². The predicted molar refractivity (Wildman–Crippen MR) is 70.6 cm³/mol. The zero-order chi connectivity index (χ0) is 12.8. The summed E-state index contributed by atoms with van der Waals surface area (Å²) in [5.74, 6) is -0.221. The van der Waals surface area contributed by atoms with Crippen molar-refractivity contribution in [1.82, 2.24) is 5.32 Å². The normalized spacial score (nSPS) is 10.6. The van der Waals surface area contributed by atoms with E-state index in [4.69, 9.17) is 5.11 Å². The molecule has 0 amide bonds. The van der Waals surface area contributed by atoms with Crippen LogP contribution in [0.5, 0.6) is 0 Å². The van der Waals surface area contributed by atoms with Crippen molar-refractivity contribution in [3.63, 3.8) is 0 Å². The SMILES string of the molecule is OCCNCc1ccc(-c2cccc(F)c2)cc1. The van der Waals surface area contributed by atoms with E-state index in [1.165, 1.54) is 12.1 Å². The van der Waals surface area contributed by atoms with E-state index in [9.17, 15) is 4.39 Å². The number of aliphatic hydroxyl groups excluding tert-OH is 1. The van der Waals surface area contributed by atoms with E-state index < -0.39 is 0 Å². The van der Waals surface area contributed by atoms with Crippen LogP contribution in [0.25, 0.3) is 11.1 Å². The Morgan fingerprint density at radius 2 is 1.78 bits per heavy atom. The molecule has 2 nitrogen and oxygen atoms in total. The van der Waals surface area contributed by atoms with Crippen LogP contribution in [0.2, 0.25) is 0 Å². The van der Waals surface area contributed by atoms with Gasteiger partial charge in [-0.1, -0.05) is 36.4 Å². The van der Waals surface area contributed by atoms with Gasteiger partial charge in [0.2, 0.25) is 0 Å². The van der Waals surface area contributed by atoms with Crippen LogP contribution in [0.15, 0.2) is 48.5 Å². The maximum atomic E-state index is 13.1. The number of halogens is 1. The summed E-state index contributed by atoms with van der Waals surface area (Å²) in [4.78, 5) is 0. The molecule has 0 radical (unpaired) electrons. The Morgan fingerprint density at radius 3 is 2.44 bits per heavy atom. The van der Waals surface area contributed by atoms with Crippen LogP contribution >= 0.6 is 0 Å². The molecule has 0 unspecified atom stereocenters. The van der Waals surface area contributed by atoms with Gasteiger partial charge in [0.15, 0.2) is 0 Å². The van der Waals surface area contributed by atoms with Gasteiger partial charge in [-0.2, -0.15) is 0 Å². The van der Waals surface area contributed by atoms with E-state index in [1.807, 2.05) is 30.3 Å². The molecule has 0 saturated heterocycles. The van der Waals surface area contributed by atoms with Crippen LogP contribution in [0.3, 0.4) is 0 Å². The van der Waals surface area contributed by atoms with Gasteiger partial charge in [0, 0.05) is 13.1 Å². The summed E-state index contributed by atoms with van der Waals surface area (Å²) in [5.41, 5.74) is 3.02. The van der Waals surface area contributed by atoms with Crippen molar-refractivity contribution >= 4 is 0 Å². The summed E-state index contributed by atoms with van der Waals surface area (Å²) in [6.07, 6.45) is 0. The van der Waals surface area contributed by atoms with Gasteiger partial charge in [-0.3, -0.25) is 0 Å². The first-order valence-electron chi connectivity index (χ1n) is 5.96. The van der Waals surface area contributed by atoms with Gasteiger partial charge in [-0.05, 0) is 28.8 Å². The quantitative estimate of drug-likeness (QED) is 0.793. The average Bonchev–Trinajstić information content (AvgIpc) is 2.40. The van der Waals surface area contributed by atoms with Crippen molar-refractivity contribution in [2.24, 2.45) is 0 Å². The Balaban J connectivity index is 2.07. The third kappa shape index (κ3) is 3.39. The molecule has 2 rings (SSSR count). The summed E-state index contributed by atoms with van der Waals surface area (Å²) < 4.78 is 13.1. The highest BCUT2D eigenvalue weighted by Crippen LogP contribution is 2.20. The van der Waals surface area contributed by atoms with Crippen molar-refractivity contribution in [1.29, 1.82) is 0 Å². The summed E-state index contributed by atoms with van der Waals surface area (Å²) in [6.45, 7) is 1.46. The third-order valence-corrected chi connectivity index (χ3v) is 2.73. The highest BCUT2D eigenvalue weighted by molar-refractivity contribution is 5.63. The Bertz CT molecular complexity index is 496. The van der Waals surface area contributed by atoms with E-state index >= 15 is 0 Å². The van der Waals surface area contributed by atoms with Gasteiger partial charge in [-0.15, -0.1) is 0 Å². The minimum atomic E-state index is -0.221. The number of rotatable bonds is 5. The number of benzene rings is 2. The van der Waals surface area contributed by atoms with E-state index in [-0.39, 0.29) is 12.4 Å². The monoisotopic (exact) mass is 245 g/mol. The van der Waals surface area contributed by atoms with Crippen molar-refractivity contribution in [2.45, 2.75) is 6.54 Å². The van der Waals surface area contributed by atoms with Gasteiger partial charge in [-0.25, -0.2) is 4.39 Å². The van der Waals surface area contributed by atoms with Crippen molar-refractivity contribution < 1.29 is 9.50 Å². The number of nitrogens with one attached hydrogen (secondary N) is 1. The first-order valence-corrected chi connectivity index (χ1v) is 5.96. The molecule has 0 fully saturated rings. The molecule has 0 atom stereocenters. The zero-order valence-electron chi connectivity index (χ0n) is 10.1. The lowest BCUT2D eigenvalue weighted by atomic mass is 10.0. The third-order valence-electron chi connectivity index (χ3n) is 2.73. The lowest BCUT2D eigenvalue weighted by molar-refractivity contribution is 0.292. The summed E-state index contributed by atoms with van der Waals surface area (Å²) in [5, 5.41) is 11.8. The molecule has 0 aliphatic rings. The number of hydrogen-bond acceptors (Lipinski definition) is 2. The molecule has 94 valence electrons. The Hall–Kier alpha value is -1.71. The van der Waals surface area contributed by atoms with Crippen molar-refractivity contribution in [3.05, 3.63) is 59.9 Å². The second-order valence-electron chi connectivity index (χ2n) is 4.11. The molecule has 0 aliphatic heterocycles. The first kappa shape index (κ1) is 12.7. The Labute approximate surface area is 106 Å². The van der Waals surface area contributed by atoms with Crippen LogP contribution in [0.1, 0.15) is 5.56 Å². The molecule has 0 aliphatic carbocycles. The minimum Gasteiger partial charge on any atom is -0.395 e. The largest absolute Gasteiger partial charge is 0.395 e. The van der Waals surface area contributed by atoms with Crippen molar-refractivity contribution in [2.75, 3.05) is 13.2 Å². The molecule has 0 bridgehead atoms. The van der Waals surface area contributed by atoms with Gasteiger partial charge in [0.1, 0.15) is 5.82 Å². The van der Waals surface area contributed by atoms with Gasteiger partial charge < -0.3 is 10.4 Å². The summed E-state index contributed by atoms with van der Waals surface area (Å²) in [6, 6.07) is 14.5. The highest BCUT2D eigenvalue weighted by atomic mass is 19.1. The lowest BCUT2D eigenvalue weighted by Gasteiger charge is -2.05. The van der Waals surface area contributed by atoms with Crippen LogP contribution in [-0.2, 0) is 6.54 Å². The standard InChI is InChI=1S/C15H16FNO/c16-15-3-1-2-14(10-15)13-6-4-12(5-7-13)11-17-8-9-18/h1-7,10,17-18H,8-9,11H2. The van der Waals surface area contributed by atoms with E-state index in [0.717, 1.165) is 23.2 Å². The second-order valence-corrected chi connectivity index (χ2v) is 4.11. The lowest BCUT2D eigenvalue weighted by Crippen LogP contribution is -2.17. The highest BCUT2D eigenvalue weighted by Gasteiger charge is 1.99. The molecule has 0 spiro atoms. The van der Waals surface area contributed by atoms with Crippen LogP contribution < -0.4 is 5.32 Å². The molecule has 0 heterocycles. The van der Waals surface area contributed by atoms with E-state index in [2.05, 4.69) is 5.32 Å². The zero-order valence-corrected chi connectivity index (χ0v) is 10.1. The summed E-state index contributed by atoms with van der Waals surface area (Å²) >= 11 is 0. The molecule has 0 saturated carbocycles. The predicted octanol–water partition coefficient (Wildman–Crippen LogP) is 2.57. The fraction of sp³-hybridized carbons (Fsp3) is 0.200. The molecule has 2 aromatic carbocycles. The molecule has 2 aromatic rings. The van der Waals surface area contributed by atoms with E-state index in [0.29, 0.717) is 6.54 Å². The molecule has 2 N–H and O–H groups in total. The second kappa shape index (κ2) is 6.28. The Kier molecular flexibility index (Phi) is 4.45. The molecule has 0 aromatic heterocycles. The van der Waals surface area contributed by atoms with Gasteiger partial charge in [0.25, 0.3) is 0 Å². The molecule has 18 heavy (non-hydrogen) atoms. The smallest absolute Gasteiger partial charge is 0.123 e. The maximum Gasteiger partial charge on any atom is 0.123 e. The molecular formula is C15H16FNO. The topological polar surface area (TPSA) is 32.3 Å². The van der Waals surface area contributed by atoms with Gasteiger partial charge >= 0.3 is 0 Å². The fourth-order valence-electron chi connectivity index (χ4n) is 1.79. The first-order chi connectivity index (χ1) is 8.79. The van der Waals surface area contributed by atoms with Crippen LogP contribution in [0.4, 0.5) is 4.39 Å².